The van der Waals surface area contributed by atoms with Crippen molar-refractivity contribution >= 4 is 0 Å². The van der Waals surface area contributed by atoms with Gasteiger partial charge in [-0.05, 0) is 38.8 Å². The molecular weight excluding hydrogens is 363 g/mol. The van der Waals surface area contributed by atoms with Crippen LogP contribution >= 0.6 is 0 Å². The minimum Gasteiger partial charge on any atom is -0.494 e. The van der Waals surface area contributed by atoms with Gasteiger partial charge in [0.1, 0.15) is 0 Å². The van der Waals surface area contributed by atoms with E-state index in [4.69, 9.17) is 4.74 Å². The molecule has 0 aliphatic carbocycles. The first-order chi connectivity index (χ1) is 12.8. The zero-order valence-corrected chi connectivity index (χ0v) is 15.3. The molecule has 1 aromatic heterocycles. The summed E-state index contributed by atoms with van der Waals surface area (Å²) in [5.74, 6) is -1.57. The molecule has 2 unspecified atom stereocenters. The molecule has 0 spiro atoms. The van der Waals surface area contributed by atoms with Crippen LogP contribution in [0, 0.1) is 12.7 Å². The van der Waals surface area contributed by atoms with Gasteiger partial charge in [-0.2, -0.15) is 13.2 Å². The number of benzene rings is 1. The molecule has 0 radical (unpaired) electrons. The van der Waals surface area contributed by atoms with Crippen LogP contribution in [0.1, 0.15) is 37.3 Å². The molecule has 0 bridgehead atoms. The highest BCUT2D eigenvalue weighted by Gasteiger charge is 2.24. The van der Waals surface area contributed by atoms with Crippen molar-refractivity contribution in [1.82, 2.24) is 4.98 Å². The number of hydrogen-bond acceptors (Lipinski definition) is 4. The summed E-state index contributed by atoms with van der Waals surface area (Å²) in [6.45, 7) is 0.915. The van der Waals surface area contributed by atoms with Gasteiger partial charge in [-0.15, -0.1) is 0 Å². The molecule has 2 atom stereocenters. The summed E-state index contributed by atoms with van der Waals surface area (Å²) in [6.07, 6.45) is 2.46. The molecule has 2 aromatic rings. The first-order valence-corrected chi connectivity index (χ1v) is 8.43. The maximum Gasteiger partial charge on any atom is 0.387 e. The fraction of sp³-hybridized carbons (Fsp3) is 0.421. The number of aromatic amines is 1. The Bertz CT molecular complexity index is 810. The molecule has 1 aliphatic rings. The van der Waals surface area contributed by atoms with E-state index in [9.17, 15) is 18.0 Å². The van der Waals surface area contributed by atoms with E-state index in [1.165, 1.54) is 19.2 Å². The summed E-state index contributed by atoms with van der Waals surface area (Å²) in [6, 6.07) is 7.01. The summed E-state index contributed by atoms with van der Waals surface area (Å²) in [4.78, 5) is 14.5. The summed E-state index contributed by atoms with van der Waals surface area (Å²) in [5.41, 5.74) is 1.87. The Kier molecular flexibility index (Phi) is 7.29. The Balaban J connectivity index is 0.000000194. The molecule has 1 N–H and O–H groups in total. The van der Waals surface area contributed by atoms with E-state index in [1.54, 1.807) is 12.1 Å². The molecule has 1 fully saturated rings. The number of rotatable bonds is 4. The largest absolute Gasteiger partial charge is 0.494 e. The number of nitrogens with one attached hydrogen (secondary N) is 1. The van der Waals surface area contributed by atoms with Crippen LogP contribution < -0.4 is 14.9 Å². The predicted octanol–water partition coefficient (Wildman–Crippen LogP) is 4.36. The Morgan fingerprint density at radius 1 is 1.22 bits per heavy atom. The highest BCUT2D eigenvalue weighted by atomic mass is 19.3. The standard InChI is InChI=1S/C11H15NO2.C8H7F3O2/c1-7-5-9(13)6-10(12-7)11-4-3-8(2)14-11;1-12-5-3-2-4-6(7(5)9)13-8(10)11/h5-6,8,11H,3-4H2,1-2H3,(H,12,13);2-4,8H,1H3. The van der Waals surface area contributed by atoms with Crippen LogP contribution in [0.15, 0.2) is 35.1 Å². The van der Waals surface area contributed by atoms with Crippen LogP contribution in [0.3, 0.4) is 0 Å². The first kappa shape index (κ1) is 20.8. The zero-order chi connectivity index (χ0) is 20.0. The van der Waals surface area contributed by atoms with Gasteiger partial charge >= 0.3 is 6.61 Å². The third kappa shape index (κ3) is 6.02. The van der Waals surface area contributed by atoms with Crippen LogP contribution in [0.25, 0.3) is 0 Å². The molecule has 1 aliphatic heterocycles. The number of aryl methyl sites for hydroxylation is 1. The summed E-state index contributed by atoms with van der Waals surface area (Å²) in [5, 5.41) is 0. The summed E-state index contributed by atoms with van der Waals surface area (Å²) in [7, 11) is 1.24. The van der Waals surface area contributed by atoms with Crippen LogP contribution in [0.4, 0.5) is 13.2 Å². The van der Waals surface area contributed by atoms with E-state index in [0.29, 0.717) is 6.10 Å². The molecule has 1 saturated heterocycles. The van der Waals surface area contributed by atoms with E-state index in [1.807, 2.05) is 6.92 Å². The molecule has 148 valence electrons. The lowest BCUT2D eigenvalue weighted by atomic mass is 10.1. The second kappa shape index (κ2) is 9.45. The maximum atomic E-state index is 13.0. The SMILES string of the molecule is COc1cccc(OC(F)F)c1F.Cc1cc(=O)cc(C2CCC(C)O2)[nH]1. The monoisotopic (exact) mass is 385 g/mol. The van der Waals surface area contributed by atoms with E-state index >= 15 is 0 Å². The van der Waals surface area contributed by atoms with Crippen molar-refractivity contribution in [2.45, 2.75) is 45.5 Å². The number of alkyl halides is 2. The number of aromatic nitrogens is 1. The molecule has 0 saturated carbocycles. The minimum atomic E-state index is -3.04. The fourth-order valence-electron chi connectivity index (χ4n) is 2.75. The van der Waals surface area contributed by atoms with Crippen molar-refractivity contribution < 1.29 is 27.4 Å². The average Bonchev–Trinajstić information content (AvgIpc) is 3.03. The quantitative estimate of drug-likeness (QED) is 0.850. The normalized spacial score (nSPS) is 18.8. The molecular formula is C19H22F3NO4. The lowest BCUT2D eigenvalue weighted by Gasteiger charge is -2.11. The summed E-state index contributed by atoms with van der Waals surface area (Å²) < 4.78 is 50.6. The van der Waals surface area contributed by atoms with Crippen molar-refractivity contribution in [2.24, 2.45) is 0 Å². The highest BCUT2D eigenvalue weighted by Crippen LogP contribution is 2.30. The third-order valence-electron chi connectivity index (χ3n) is 3.94. The van der Waals surface area contributed by atoms with Crippen molar-refractivity contribution in [3.63, 3.8) is 0 Å². The van der Waals surface area contributed by atoms with E-state index < -0.39 is 18.2 Å². The van der Waals surface area contributed by atoms with Crippen molar-refractivity contribution in [3.8, 4) is 11.5 Å². The van der Waals surface area contributed by atoms with Gasteiger partial charge < -0.3 is 19.2 Å². The molecule has 27 heavy (non-hydrogen) atoms. The van der Waals surface area contributed by atoms with E-state index in [-0.39, 0.29) is 17.3 Å². The van der Waals surface area contributed by atoms with Gasteiger partial charge in [0.2, 0.25) is 5.82 Å². The number of halogens is 3. The highest BCUT2D eigenvalue weighted by molar-refractivity contribution is 5.35. The predicted molar refractivity (Wildman–Crippen MR) is 93.9 cm³/mol. The number of hydrogen-bond donors (Lipinski definition) is 1. The maximum absolute atomic E-state index is 13.0. The van der Waals surface area contributed by atoms with Crippen LogP contribution in [0.5, 0.6) is 11.5 Å². The van der Waals surface area contributed by atoms with Gasteiger partial charge in [-0.25, -0.2) is 0 Å². The molecule has 3 rings (SSSR count). The van der Waals surface area contributed by atoms with Gasteiger partial charge in [0.15, 0.2) is 16.9 Å². The first-order valence-electron chi connectivity index (χ1n) is 8.43. The second-order valence-corrected chi connectivity index (χ2v) is 6.12. The number of pyridine rings is 1. The second-order valence-electron chi connectivity index (χ2n) is 6.12. The minimum absolute atomic E-state index is 0.0550. The van der Waals surface area contributed by atoms with Gasteiger partial charge in [0, 0.05) is 23.5 Å². The van der Waals surface area contributed by atoms with Gasteiger partial charge in [-0.3, -0.25) is 4.79 Å². The van der Waals surface area contributed by atoms with Crippen molar-refractivity contribution in [3.05, 3.63) is 57.8 Å². The van der Waals surface area contributed by atoms with E-state index in [2.05, 4.69) is 21.4 Å². The number of ether oxygens (including phenoxy) is 3. The lowest BCUT2D eigenvalue weighted by molar-refractivity contribution is -0.0523. The van der Waals surface area contributed by atoms with Crippen molar-refractivity contribution in [1.29, 1.82) is 0 Å². The van der Waals surface area contributed by atoms with Crippen molar-refractivity contribution in [2.75, 3.05) is 7.11 Å². The molecule has 0 amide bonds. The smallest absolute Gasteiger partial charge is 0.387 e. The fourth-order valence-corrected chi connectivity index (χ4v) is 2.75. The van der Waals surface area contributed by atoms with Crippen LogP contribution in [-0.2, 0) is 4.74 Å². The Morgan fingerprint density at radius 3 is 2.48 bits per heavy atom. The molecule has 2 heterocycles. The molecule has 1 aromatic carbocycles. The number of H-pyrrole nitrogens is 1. The van der Waals surface area contributed by atoms with Crippen LogP contribution in [0.2, 0.25) is 0 Å². The lowest BCUT2D eigenvalue weighted by Crippen LogP contribution is -2.09. The summed E-state index contributed by atoms with van der Waals surface area (Å²) >= 11 is 0. The number of methoxy groups -OCH3 is 1. The average molecular weight is 385 g/mol. The Hall–Kier alpha value is -2.48. The van der Waals surface area contributed by atoms with Gasteiger partial charge in [-0.1, -0.05) is 6.07 Å². The topological polar surface area (TPSA) is 60.6 Å². The van der Waals surface area contributed by atoms with E-state index in [0.717, 1.165) is 30.3 Å². The zero-order valence-electron chi connectivity index (χ0n) is 15.3. The molecule has 5 nitrogen and oxygen atoms in total. The van der Waals surface area contributed by atoms with Gasteiger partial charge in [0.05, 0.1) is 19.3 Å². The van der Waals surface area contributed by atoms with Crippen LogP contribution in [-0.4, -0.2) is 24.8 Å². The molecule has 8 heteroatoms. The Labute approximate surface area is 155 Å². The van der Waals surface area contributed by atoms with Gasteiger partial charge in [0.25, 0.3) is 0 Å². The third-order valence-corrected chi connectivity index (χ3v) is 3.94. The Morgan fingerprint density at radius 2 is 1.93 bits per heavy atom.